The lowest BCUT2D eigenvalue weighted by Gasteiger charge is -2.41. The Labute approximate surface area is 213 Å². The predicted octanol–water partition coefficient (Wildman–Crippen LogP) is 4.77. The minimum atomic E-state index is -0.529. The van der Waals surface area contributed by atoms with Crippen LogP contribution in [0.2, 0.25) is 0 Å². The van der Waals surface area contributed by atoms with E-state index in [9.17, 15) is 8.78 Å². The monoisotopic (exact) mass is 499 g/mol. The van der Waals surface area contributed by atoms with Gasteiger partial charge in [0.25, 0.3) is 0 Å². The molecule has 196 valence electrons. The van der Waals surface area contributed by atoms with Crippen molar-refractivity contribution in [3.63, 3.8) is 0 Å². The van der Waals surface area contributed by atoms with E-state index in [1.807, 2.05) is 0 Å². The molecular formula is C28H39F2N5O. The van der Waals surface area contributed by atoms with Gasteiger partial charge in [-0.25, -0.2) is 18.7 Å². The highest BCUT2D eigenvalue weighted by atomic mass is 19.1. The van der Waals surface area contributed by atoms with Gasteiger partial charge in [-0.05, 0) is 90.3 Å². The zero-order chi connectivity index (χ0) is 25.2. The summed E-state index contributed by atoms with van der Waals surface area (Å²) < 4.78 is 35.4. The first-order valence-corrected chi connectivity index (χ1v) is 13.6. The molecule has 0 radical (unpaired) electrons. The van der Waals surface area contributed by atoms with Crippen molar-refractivity contribution in [3.05, 3.63) is 35.8 Å². The lowest BCUT2D eigenvalue weighted by molar-refractivity contribution is 0.0791. The van der Waals surface area contributed by atoms with Crippen LogP contribution in [0.15, 0.2) is 18.3 Å². The number of nitrogens with zero attached hydrogens (tertiary/aromatic N) is 5. The third-order valence-corrected chi connectivity index (χ3v) is 8.24. The summed E-state index contributed by atoms with van der Waals surface area (Å²) in [5, 5.41) is 0. The largest absolute Gasteiger partial charge is 0.486 e. The van der Waals surface area contributed by atoms with Crippen molar-refractivity contribution in [1.29, 1.82) is 0 Å². The molecule has 0 N–H and O–H groups in total. The SMILES string of the molecule is CCN1CCC(N2CCC(Cc3ncc(F)c(-c4cc(F)c5c(c4)N(C(C)C)CCO5)n3)CC2)CC1. The van der Waals surface area contributed by atoms with Crippen LogP contribution in [-0.2, 0) is 6.42 Å². The third kappa shape index (κ3) is 5.35. The van der Waals surface area contributed by atoms with E-state index < -0.39 is 11.6 Å². The van der Waals surface area contributed by atoms with Gasteiger partial charge in [0.15, 0.2) is 17.4 Å². The standard InChI is InChI=1S/C28H39F2N5O/c1-4-33-9-7-22(8-10-33)34-11-5-20(6-12-34)15-26-31-18-24(30)27(32-26)21-16-23(29)28-25(17-21)35(19(2)3)13-14-36-28/h16-20,22H,4-15H2,1-3H3. The van der Waals surface area contributed by atoms with E-state index in [4.69, 9.17) is 4.74 Å². The normalized spacial score (nSPS) is 20.6. The van der Waals surface area contributed by atoms with E-state index in [0.29, 0.717) is 42.2 Å². The number of rotatable bonds is 6. The van der Waals surface area contributed by atoms with Gasteiger partial charge >= 0.3 is 0 Å². The maximum atomic E-state index is 15.0. The molecule has 2 fully saturated rings. The number of halogens is 2. The summed E-state index contributed by atoms with van der Waals surface area (Å²) in [6.07, 6.45) is 6.71. The van der Waals surface area contributed by atoms with Gasteiger partial charge in [-0.2, -0.15) is 0 Å². The summed E-state index contributed by atoms with van der Waals surface area (Å²) in [5.74, 6) is 0.348. The first-order valence-electron chi connectivity index (χ1n) is 13.6. The lowest BCUT2D eigenvalue weighted by Crippen LogP contribution is -2.47. The van der Waals surface area contributed by atoms with Gasteiger partial charge in [0.1, 0.15) is 18.1 Å². The van der Waals surface area contributed by atoms with Crippen molar-refractivity contribution in [2.45, 2.75) is 65.0 Å². The first-order chi connectivity index (χ1) is 17.4. The summed E-state index contributed by atoms with van der Waals surface area (Å²) in [7, 11) is 0. The Balaban J connectivity index is 1.27. The number of fused-ring (bicyclic) bond motifs is 1. The molecule has 36 heavy (non-hydrogen) atoms. The van der Waals surface area contributed by atoms with Gasteiger partial charge in [0.2, 0.25) is 0 Å². The Morgan fingerprint density at radius 3 is 2.44 bits per heavy atom. The van der Waals surface area contributed by atoms with Crippen molar-refractivity contribution >= 4 is 5.69 Å². The molecule has 0 spiro atoms. The highest BCUT2D eigenvalue weighted by molar-refractivity contribution is 5.72. The Bertz CT molecular complexity index is 1050. The second-order valence-electron chi connectivity index (χ2n) is 10.8. The fraction of sp³-hybridized carbons (Fsp3) is 0.643. The number of anilines is 1. The summed E-state index contributed by atoms with van der Waals surface area (Å²) in [6.45, 7) is 13.2. The zero-order valence-electron chi connectivity index (χ0n) is 21.8. The Morgan fingerprint density at radius 2 is 1.75 bits per heavy atom. The van der Waals surface area contributed by atoms with Crippen LogP contribution in [0.5, 0.6) is 5.75 Å². The fourth-order valence-corrected chi connectivity index (χ4v) is 6.06. The summed E-state index contributed by atoms with van der Waals surface area (Å²) in [5.41, 5.74) is 1.25. The van der Waals surface area contributed by atoms with Crippen molar-refractivity contribution in [2.75, 3.05) is 50.8 Å². The molecule has 0 saturated carbocycles. The zero-order valence-corrected chi connectivity index (χ0v) is 21.8. The number of hydrogen-bond donors (Lipinski definition) is 0. The summed E-state index contributed by atoms with van der Waals surface area (Å²) in [6, 6.07) is 4.02. The maximum absolute atomic E-state index is 15.0. The van der Waals surface area contributed by atoms with Gasteiger partial charge in [-0.1, -0.05) is 6.92 Å². The maximum Gasteiger partial charge on any atom is 0.178 e. The molecule has 3 aliphatic rings. The summed E-state index contributed by atoms with van der Waals surface area (Å²) >= 11 is 0. The second kappa shape index (κ2) is 11.0. The fourth-order valence-electron chi connectivity index (χ4n) is 6.06. The van der Waals surface area contributed by atoms with Crippen LogP contribution in [-0.4, -0.2) is 77.7 Å². The molecule has 1 aromatic heterocycles. The number of aromatic nitrogens is 2. The van der Waals surface area contributed by atoms with Crippen LogP contribution in [0, 0.1) is 17.6 Å². The van der Waals surface area contributed by atoms with Crippen molar-refractivity contribution in [2.24, 2.45) is 5.92 Å². The molecule has 0 amide bonds. The van der Waals surface area contributed by atoms with Crippen LogP contribution >= 0.6 is 0 Å². The lowest BCUT2D eigenvalue weighted by atomic mass is 9.91. The molecule has 5 rings (SSSR count). The number of likely N-dealkylation sites (tertiary alicyclic amines) is 2. The van der Waals surface area contributed by atoms with Crippen molar-refractivity contribution in [3.8, 4) is 17.0 Å². The van der Waals surface area contributed by atoms with Gasteiger partial charge in [0, 0.05) is 24.1 Å². The molecule has 4 heterocycles. The van der Waals surface area contributed by atoms with E-state index in [2.05, 4.69) is 45.4 Å². The summed E-state index contributed by atoms with van der Waals surface area (Å²) in [4.78, 5) is 16.2. The molecule has 6 nitrogen and oxygen atoms in total. The average Bonchev–Trinajstić information content (AvgIpc) is 2.90. The second-order valence-corrected chi connectivity index (χ2v) is 10.8. The highest BCUT2D eigenvalue weighted by Crippen LogP contribution is 2.39. The van der Waals surface area contributed by atoms with E-state index in [-0.39, 0.29) is 17.5 Å². The average molecular weight is 500 g/mol. The molecular weight excluding hydrogens is 460 g/mol. The molecule has 8 heteroatoms. The number of piperidine rings is 2. The Hall–Kier alpha value is -2.32. The van der Waals surface area contributed by atoms with Gasteiger partial charge in [0.05, 0.1) is 18.4 Å². The van der Waals surface area contributed by atoms with Crippen LogP contribution in [0.4, 0.5) is 14.5 Å². The van der Waals surface area contributed by atoms with Crippen LogP contribution in [0.25, 0.3) is 11.3 Å². The first kappa shape index (κ1) is 25.3. The topological polar surface area (TPSA) is 44.7 Å². The van der Waals surface area contributed by atoms with E-state index in [0.717, 1.165) is 38.9 Å². The van der Waals surface area contributed by atoms with Gasteiger partial charge < -0.3 is 19.4 Å². The van der Waals surface area contributed by atoms with Gasteiger partial charge in [-0.15, -0.1) is 0 Å². The molecule has 3 aliphatic heterocycles. The van der Waals surface area contributed by atoms with Crippen LogP contribution in [0.3, 0.4) is 0 Å². The number of hydrogen-bond acceptors (Lipinski definition) is 6. The number of benzene rings is 1. The van der Waals surface area contributed by atoms with Crippen molar-refractivity contribution in [1.82, 2.24) is 19.8 Å². The Kier molecular flexibility index (Phi) is 7.72. The molecule has 2 aromatic rings. The molecule has 2 saturated heterocycles. The van der Waals surface area contributed by atoms with E-state index in [1.54, 1.807) is 6.07 Å². The number of ether oxygens (including phenoxy) is 1. The minimum absolute atomic E-state index is 0.163. The minimum Gasteiger partial charge on any atom is -0.486 e. The van der Waals surface area contributed by atoms with Crippen molar-refractivity contribution < 1.29 is 13.5 Å². The third-order valence-electron chi connectivity index (χ3n) is 8.24. The molecule has 0 aliphatic carbocycles. The van der Waals surface area contributed by atoms with Crippen LogP contribution in [0.1, 0.15) is 52.3 Å². The Morgan fingerprint density at radius 1 is 1.00 bits per heavy atom. The van der Waals surface area contributed by atoms with Crippen LogP contribution < -0.4 is 9.64 Å². The van der Waals surface area contributed by atoms with E-state index >= 15 is 0 Å². The van der Waals surface area contributed by atoms with E-state index in [1.165, 1.54) is 38.2 Å². The highest BCUT2D eigenvalue weighted by Gasteiger charge is 2.29. The smallest absolute Gasteiger partial charge is 0.178 e. The molecule has 1 aromatic carbocycles. The predicted molar refractivity (Wildman–Crippen MR) is 138 cm³/mol. The molecule has 0 atom stereocenters. The molecule has 0 unspecified atom stereocenters. The molecule has 0 bridgehead atoms. The van der Waals surface area contributed by atoms with Gasteiger partial charge in [-0.3, -0.25) is 0 Å². The quantitative estimate of drug-likeness (QED) is 0.571.